The van der Waals surface area contributed by atoms with Gasteiger partial charge in [0.05, 0.1) is 12.5 Å². The van der Waals surface area contributed by atoms with Crippen LogP contribution in [-0.4, -0.2) is 23.6 Å². The highest BCUT2D eigenvalue weighted by molar-refractivity contribution is 5.71. The van der Waals surface area contributed by atoms with Crippen LogP contribution in [0.25, 0.3) is 0 Å². The molecule has 0 aromatic rings. The first kappa shape index (κ1) is 4.65. The van der Waals surface area contributed by atoms with Crippen molar-refractivity contribution in [2.45, 2.75) is 18.9 Å². The van der Waals surface area contributed by atoms with E-state index < -0.39 is 12.0 Å². The Morgan fingerprint density at radius 2 is 2.90 bits per heavy atom. The van der Waals surface area contributed by atoms with Crippen molar-refractivity contribution in [1.82, 2.24) is 5.01 Å². The molecular weight excluding hydrogens is 134 g/mol. The molecule has 0 amide bonds. The molecule has 1 heterocycles. The van der Waals surface area contributed by atoms with E-state index in [-0.39, 0.29) is 0 Å². The zero-order valence-electron chi connectivity index (χ0n) is 7.36. The Morgan fingerprint density at radius 1 is 2.10 bits per heavy atom. The molecule has 5 nitrogen and oxygen atoms in total. The molecule has 10 heavy (non-hydrogen) atoms. The molecule has 0 aliphatic carbocycles. The molecule has 0 bridgehead atoms. The summed E-state index contributed by atoms with van der Waals surface area (Å²) < 4.78 is 13.6. The summed E-state index contributed by atoms with van der Waals surface area (Å²) in [6.07, 6.45) is 1.14. The fraction of sp³-hybridized carbons (Fsp3) is 0.800. The van der Waals surface area contributed by atoms with Crippen LogP contribution in [0.3, 0.4) is 0 Å². The summed E-state index contributed by atoms with van der Waals surface area (Å²) in [5.74, 6) is -1.21. The van der Waals surface area contributed by atoms with E-state index in [0.717, 1.165) is 0 Å². The second kappa shape index (κ2) is 2.64. The summed E-state index contributed by atoms with van der Waals surface area (Å²) in [5, 5.41) is 12.1. The quantitative estimate of drug-likeness (QED) is 0.413. The predicted molar refractivity (Wildman–Crippen MR) is 28.4 cm³/mol. The number of nitrogens with zero attached hydrogens (tertiary/aromatic N) is 1. The summed E-state index contributed by atoms with van der Waals surface area (Å²) >= 11 is 0. The Hall–Kier alpha value is -1.13. The highest BCUT2D eigenvalue weighted by Gasteiger charge is 2.27. The molecule has 0 radical (unpaired) electrons. The molecule has 1 atom stereocenters. The molecule has 1 aliphatic rings. The predicted octanol–water partition coefficient (Wildman–Crippen LogP) is -2.77. The highest BCUT2D eigenvalue weighted by atomic mass is 16.4. The van der Waals surface area contributed by atoms with Crippen molar-refractivity contribution in [2.75, 3.05) is 6.54 Å². The van der Waals surface area contributed by atoms with Crippen LogP contribution in [0.5, 0.6) is 0 Å². The van der Waals surface area contributed by atoms with Gasteiger partial charge in [0.1, 0.15) is 6.04 Å². The standard InChI is InChI=1S/C5H9N3O2/c6-7-8-3-1-2-4(8)5(9)10/h4,6H,1-3H2,(H,9,10)/i/hD2. The average Bonchev–Trinajstić information content (AvgIpc) is 2.50. The van der Waals surface area contributed by atoms with Crippen LogP contribution < -0.4 is 10.3 Å². The van der Waals surface area contributed by atoms with E-state index in [1.165, 1.54) is 5.01 Å². The molecule has 0 spiro atoms. The van der Waals surface area contributed by atoms with Gasteiger partial charge >= 0.3 is 1.41 Å². The van der Waals surface area contributed by atoms with E-state index in [4.69, 9.17) is 2.82 Å². The zero-order chi connectivity index (χ0) is 9.14. The summed E-state index contributed by atoms with van der Waals surface area (Å²) in [6.45, 7) is 0.435. The van der Waals surface area contributed by atoms with Crippen molar-refractivity contribution in [3.8, 4) is 0 Å². The van der Waals surface area contributed by atoms with E-state index >= 15 is 0 Å². The fourth-order valence-corrected chi connectivity index (χ4v) is 1.10. The minimum atomic E-state index is -1.21. The van der Waals surface area contributed by atoms with Crippen LogP contribution in [0.4, 0.5) is 0 Å². The number of carboxylic acid groups (broad SMARTS) is 1. The maximum atomic E-state index is 10.5. The number of nitrogens with one attached hydrogen (secondary N) is 2. The lowest BCUT2D eigenvalue weighted by molar-refractivity contribution is -0.723. The van der Waals surface area contributed by atoms with Gasteiger partial charge in [0, 0.05) is 0 Å². The maximum Gasteiger partial charge on any atom is 0.525 e. The molecule has 0 aromatic carbocycles. The van der Waals surface area contributed by atoms with Crippen LogP contribution >= 0.6 is 0 Å². The van der Waals surface area contributed by atoms with Crippen molar-refractivity contribution in [3.05, 3.63) is 0 Å². The van der Waals surface area contributed by atoms with E-state index in [2.05, 4.69) is 5.52 Å². The molecule has 1 aliphatic heterocycles. The van der Waals surface area contributed by atoms with Gasteiger partial charge < -0.3 is 9.90 Å². The molecule has 1 rings (SSSR count). The van der Waals surface area contributed by atoms with Crippen molar-refractivity contribution in [1.29, 1.82) is 5.52 Å². The molecule has 1 fully saturated rings. The first-order valence-corrected chi connectivity index (χ1v) is 3.08. The topological polar surface area (TPSA) is 81.2 Å². The molecule has 0 saturated carbocycles. The number of carbonyl (C=O) groups excluding carboxylic acids is 1. The first-order chi connectivity index (χ1) is 5.66. The number of carboxylic acids is 1. The fourth-order valence-electron chi connectivity index (χ4n) is 1.10. The van der Waals surface area contributed by atoms with Crippen molar-refractivity contribution in [3.63, 3.8) is 0 Å². The van der Waals surface area contributed by atoms with Gasteiger partial charge in [0.15, 0.2) is 0 Å². The first-order valence-electron chi connectivity index (χ1n) is 3.97. The number of hydrazine groups is 1. The maximum absolute atomic E-state index is 10.5. The zero-order valence-corrected chi connectivity index (χ0v) is 5.36. The molecule has 56 valence electrons. The number of carbonyl (C=O) groups is 1. The molecule has 1 saturated heterocycles. The molecule has 2 N–H and O–H groups in total. The summed E-state index contributed by atoms with van der Waals surface area (Å²) in [5.41, 5.74) is 2.79. The van der Waals surface area contributed by atoms with Gasteiger partial charge in [-0.2, -0.15) is 5.01 Å². The lowest BCUT2D eigenvalue weighted by Crippen LogP contribution is -2.80. The Kier molecular flexibility index (Phi) is 1.23. The van der Waals surface area contributed by atoms with Gasteiger partial charge in [0.2, 0.25) is 0 Å². The molecule has 1 unspecified atom stereocenters. The minimum Gasteiger partial charge on any atom is -0.548 e. The van der Waals surface area contributed by atoms with Crippen LogP contribution in [0.1, 0.15) is 12.8 Å². The van der Waals surface area contributed by atoms with Crippen LogP contribution in [0.15, 0.2) is 0 Å². The SMILES string of the molecule is [2H]N=[N+]([2H])N1CCCC1C(=O)[O-]. The van der Waals surface area contributed by atoms with Crippen molar-refractivity contribution in [2.24, 2.45) is 0 Å². The number of aliphatic carboxylic acids is 1. The molecule has 5 heteroatoms. The van der Waals surface area contributed by atoms with Gasteiger partial charge in [0.25, 0.3) is 1.41 Å². The van der Waals surface area contributed by atoms with Gasteiger partial charge in [-0.25, -0.2) is 0 Å². The van der Waals surface area contributed by atoms with Crippen molar-refractivity contribution >= 4 is 5.97 Å². The molecular formula is C5H9N3O2. The second-order valence-corrected chi connectivity index (χ2v) is 2.23. The van der Waals surface area contributed by atoms with Gasteiger partial charge in [-0.3, -0.25) is 0 Å². The number of rotatable bonds is 2. The molecule has 0 aromatic heterocycles. The smallest absolute Gasteiger partial charge is 0.525 e. The number of hydrogen-bond donors (Lipinski definition) is 2. The van der Waals surface area contributed by atoms with Crippen LogP contribution in [0, 0.1) is 5.52 Å². The normalized spacial score (nSPS) is 29.8. The Bertz CT molecular complexity index is 221. The Balaban J connectivity index is 2.70. The van der Waals surface area contributed by atoms with E-state index in [0.29, 0.717) is 24.6 Å². The number of hydrogen-bond acceptors (Lipinski definition) is 3. The highest BCUT2D eigenvalue weighted by Crippen LogP contribution is 2.10. The second-order valence-electron chi connectivity index (χ2n) is 2.23. The van der Waals surface area contributed by atoms with Gasteiger partial charge in [-0.05, 0) is 23.6 Å². The monoisotopic (exact) mass is 145 g/mol. The largest absolute Gasteiger partial charge is 0.548 e. The minimum absolute atomic E-state index is 0.435. The van der Waals surface area contributed by atoms with Crippen LogP contribution in [-0.2, 0) is 4.79 Å². The third-order valence-electron chi connectivity index (χ3n) is 1.61. The lowest BCUT2D eigenvalue weighted by atomic mass is 10.2. The Morgan fingerprint density at radius 3 is 3.50 bits per heavy atom. The summed E-state index contributed by atoms with van der Waals surface area (Å²) in [7, 11) is 0. The van der Waals surface area contributed by atoms with Gasteiger partial charge in [-0.1, -0.05) is 0 Å². The average molecular weight is 145 g/mol. The van der Waals surface area contributed by atoms with E-state index in [1.54, 1.807) is 0 Å². The summed E-state index contributed by atoms with van der Waals surface area (Å²) in [6, 6.07) is -0.809. The third kappa shape index (κ3) is 1.07. The van der Waals surface area contributed by atoms with E-state index in [1.807, 2.05) is 0 Å². The third-order valence-corrected chi connectivity index (χ3v) is 1.61. The van der Waals surface area contributed by atoms with Crippen LogP contribution in [0.2, 0.25) is 2.82 Å². The van der Waals surface area contributed by atoms with E-state index in [9.17, 15) is 9.90 Å². The van der Waals surface area contributed by atoms with Gasteiger partial charge in [-0.15, -0.1) is 0 Å². The Labute approximate surface area is 61.0 Å². The summed E-state index contributed by atoms with van der Waals surface area (Å²) in [4.78, 5) is 10.5. The van der Waals surface area contributed by atoms with Crippen molar-refractivity contribution < 1.29 is 17.9 Å². The lowest BCUT2D eigenvalue weighted by Gasteiger charge is -2.14.